The Morgan fingerprint density at radius 1 is 1.53 bits per heavy atom. The van der Waals surface area contributed by atoms with E-state index in [4.69, 9.17) is 4.74 Å². The summed E-state index contributed by atoms with van der Waals surface area (Å²) in [5.41, 5.74) is 0. The number of ether oxygens (including phenoxy) is 1. The summed E-state index contributed by atoms with van der Waals surface area (Å²) in [5, 5.41) is 12.7. The molecule has 0 radical (unpaired) electrons. The van der Waals surface area contributed by atoms with Crippen LogP contribution in [0.1, 0.15) is 12.8 Å². The molecular weight excluding hydrogens is 196 g/mol. The molecule has 86 valence electrons. The summed E-state index contributed by atoms with van der Waals surface area (Å²) in [6, 6.07) is -0.110. The zero-order valence-electron chi connectivity index (χ0n) is 8.98. The van der Waals surface area contributed by atoms with Gasteiger partial charge in [0, 0.05) is 26.7 Å². The van der Waals surface area contributed by atoms with Gasteiger partial charge in [-0.1, -0.05) is 0 Å². The monoisotopic (exact) mass is 214 g/mol. The Balaban J connectivity index is 1.94. The smallest absolute Gasteiger partial charge is 0.251 e. The van der Waals surface area contributed by atoms with E-state index in [9.17, 15) is 9.90 Å². The Bertz CT molecular complexity index is 241. The van der Waals surface area contributed by atoms with E-state index < -0.39 is 6.10 Å². The van der Waals surface area contributed by atoms with Crippen molar-refractivity contribution in [3.8, 4) is 0 Å². The first-order chi connectivity index (χ1) is 7.20. The number of rotatable bonds is 2. The molecule has 2 aliphatic heterocycles. The number of aliphatic hydroxyl groups excluding tert-OH is 1. The van der Waals surface area contributed by atoms with Crippen LogP contribution in [0.15, 0.2) is 0 Å². The molecule has 2 N–H and O–H groups in total. The zero-order chi connectivity index (χ0) is 10.8. The third kappa shape index (κ3) is 2.14. The van der Waals surface area contributed by atoms with Gasteiger partial charge in [0.05, 0.1) is 12.1 Å². The normalized spacial score (nSPS) is 35.7. The molecule has 0 bridgehead atoms. The summed E-state index contributed by atoms with van der Waals surface area (Å²) in [6.07, 6.45) is 1.01. The fraction of sp³-hybridized carbons (Fsp3) is 0.900. The first-order valence-corrected chi connectivity index (χ1v) is 5.47. The quantitative estimate of drug-likeness (QED) is 0.616. The van der Waals surface area contributed by atoms with Gasteiger partial charge in [0.15, 0.2) is 0 Å². The lowest BCUT2D eigenvalue weighted by atomic mass is 10.1. The van der Waals surface area contributed by atoms with Gasteiger partial charge in [0.2, 0.25) is 0 Å². The molecule has 0 aromatic carbocycles. The maximum absolute atomic E-state index is 11.9. The van der Waals surface area contributed by atoms with Gasteiger partial charge >= 0.3 is 0 Å². The van der Waals surface area contributed by atoms with Gasteiger partial charge in [-0.05, 0) is 12.8 Å². The second-order valence-corrected chi connectivity index (χ2v) is 4.24. The molecule has 1 amide bonds. The van der Waals surface area contributed by atoms with Crippen molar-refractivity contribution in [1.29, 1.82) is 0 Å². The molecule has 0 aliphatic carbocycles. The summed E-state index contributed by atoms with van der Waals surface area (Å²) in [5.74, 6) is 0.000231. The van der Waals surface area contributed by atoms with E-state index in [-0.39, 0.29) is 18.1 Å². The van der Waals surface area contributed by atoms with Gasteiger partial charge in [-0.25, -0.2) is 0 Å². The lowest BCUT2D eigenvalue weighted by molar-refractivity contribution is -0.143. The van der Waals surface area contributed by atoms with E-state index in [0.29, 0.717) is 19.7 Å². The van der Waals surface area contributed by atoms with Gasteiger partial charge in [0.1, 0.15) is 6.10 Å². The molecular formula is C10H18N2O3. The number of nitrogens with zero attached hydrogens (tertiary/aromatic N) is 1. The molecule has 0 aromatic rings. The van der Waals surface area contributed by atoms with Crippen LogP contribution in [0.3, 0.4) is 0 Å². The Hall–Kier alpha value is -0.650. The molecule has 1 unspecified atom stereocenters. The molecule has 0 saturated carbocycles. The van der Waals surface area contributed by atoms with Crippen molar-refractivity contribution in [3.05, 3.63) is 0 Å². The van der Waals surface area contributed by atoms with E-state index in [2.05, 4.69) is 5.32 Å². The van der Waals surface area contributed by atoms with E-state index in [0.717, 1.165) is 12.8 Å². The van der Waals surface area contributed by atoms with Crippen LogP contribution < -0.4 is 5.32 Å². The maximum Gasteiger partial charge on any atom is 0.251 e. The highest BCUT2D eigenvalue weighted by atomic mass is 16.5. The molecule has 2 heterocycles. The molecule has 5 heteroatoms. The fourth-order valence-corrected chi connectivity index (χ4v) is 2.21. The first kappa shape index (κ1) is 10.9. The van der Waals surface area contributed by atoms with Crippen molar-refractivity contribution < 1.29 is 14.6 Å². The minimum atomic E-state index is -0.458. The van der Waals surface area contributed by atoms with Crippen LogP contribution in [-0.4, -0.2) is 60.9 Å². The summed E-state index contributed by atoms with van der Waals surface area (Å²) >= 11 is 0. The molecule has 2 aliphatic rings. The Morgan fingerprint density at radius 2 is 2.33 bits per heavy atom. The summed E-state index contributed by atoms with van der Waals surface area (Å²) < 4.78 is 5.34. The minimum Gasteiger partial charge on any atom is -0.390 e. The second-order valence-electron chi connectivity index (χ2n) is 4.24. The molecule has 2 rings (SSSR count). The zero-order valence-corrected chi connectivity index (χ0v) is 8.98. The molecule has 2 fully saturated rings. The van der Waals surface area contributed by atoms with E-state index in [1.54, 1.807) is 11.9 Å². The number of nitrogens with one attached hydrogen (secondary N) is 1. The number of hydrogen-bond acceptors (Lipinski definition) is 4. The Labute approximate surface area is 89.4 Å². The Kier molecular flexibility index (Phi) is 3.23. The van der Waals surface area contributed by atoms with E-state index >= 15 is 0 Å². The number of β-amino-alcohol motifs (C(OH)–C–C–N with tert-alkyl or cyclic N) is 1. The summed E-state index contributed by atoms with van der Waals surface area (Å²) in [7, 11) is 1.74. The summed E-state index contributed by atoms with van der Waals surface area (Å²) in [6.45, 7) is 1.90. The van der Waals surface area contributed by atoms with Crippen LogP contribution in [0, 0.1) is 0 Å². The van der Waals surface area contributed by atoms with Crippen molar-refractivity contribution in [2.24, 2.45) is 0 Å². The van der Waals surface area contributed by atoms with Crippen molar-refractivity contribution in [3.63, 3.8) is 0 Å². The van der Waals surface area contributed by atoms with Crippen molar-refractivity contribution in [2.75, 3.05) is 26.7 Å². The van der Waals surface area contributed by atoms with Crippen LogP contribution in [0.5, 0.6) is 0 Å². The maximum atomic E-state index is 11.9. The van der Waals surface area contributed by atoms with E-state index in [1.165, 1.54) is 0 Å². The number of amides is 1. The third-order valence-corrected chi connectivity index (χ3v) is 3.20. The van der Waals surface area contributed by atoms with Gasteiger partial charge in [0.25, 0.3) is 5.91 Å². The average Bonchev–Trinajstić information content (AvgIpc) is 2.85. The fourth-order valence-electron chi connectivity index (χ4n) is 2.21. The molecule has 0 spiro atoms. The van der Waals surface area contributed by atoms with Crippen LogP contribution in [0.25, 0.3) is 0 Å². The number of aliphatic hydroxyl groups is 1. The topological polar surface area (TPSA) is 61.8 Å². The lowest BCUT2D eigenvalue weighted by Gasteiger charge is -2.28. The van der Waals surface area contributed by atoms with Crippen molar-refractivity contribution in [1.82, 2.24) is 10.2 Å². The predicted octanol–water partition coefficient (Wildman–Crippen LogP) is -1.04. The first-order valence-electron chi connectivity index (χ1n) is 5.47. The molecule has 2 saturated heterocycles. The van der Waals surface area contributed by atoms with Crippen LogP contribution >= 0.6 is 0 Å². The molecule has 3 atom stereocenters. The molecule has 5 nitrogen and oxygen atoms in total. The highest BCUT2D eigenvalue weighted by Gasteiger charge is 2.35. The number of carbonyl (C=O) groups is 1. The Morgan fingerprint density at radius 3 is 2.87 bits per heavy atom. The van der Waals surface area contributed by atoms with Gasteiger partial charge in [-0.3, -0.25) is 4.79 Å². The third-order valence-electron chi connectivity index (χ3n) is 3.20. The lowest BCUT2D eigenvalue weighted by Crippen LogP contribution is -2.48. The van der Waals surface area contributed by atoms with Gasteiger partial charge in [-0.2, -0.15) is 0 Å². The SMILES string of the molecule is CN(C(=O)C1CCCO1)[C@@H]1CNC[C@H]1O. The number of carbonyl (C=O) groups excluding carboxylic acids is 1. The highest BCUT2D eigenvalue weighted by molar-refractivity contribution is 5.81. The summed E-state index contributed by atoms with van der Waals surface area (Å²) in [4.78, 5) is 13.6. The second kappa shape index (κ2) is 4.47. The standard InChI is InChI=1S/C10H18N2O3/c1-12(7-5-11-6-8(7)13)10(14)9-3-2-4-15-9/h7-9,11,13H,2-6H2,1H3/t7-,8-,9?/m1/s1. The number of hydrogen-bond donors (Lipinski definition) is 2. The highest BCUT2D eigenvalue weighted by Crippen LogP contribution is 2.17. The van der Waals surface area contributed by atoms with Crippen LogP contribution in [0.2, 0.25) is 0 Å². The van der Waals surface area contributed by atoms with Crippen LogP contribution in [-0.2, 0) is 9.53 Å². The number of likely N-dealkylation sites (N-methyl/N-ethyl adjacent to an activating group) is 1. The average molecular weight is 214 g/mol. The predicted molar refractivity (Wildman–Crippen MR) is 54.4 cm³/mol. The van der Waals surface area contributed by atoms with Gasteiger partial charge < -0.3 is 20.1 Å². The largest absolute Gasteiger partial charge is 0.390 e. The van der Waals surface area contributed by atoms with Gasteiger partial charge in [-0.15, -0.1) is 0 Å². The van der Waals surface area contributed by atoms with Crippen molar-refractivity contribution in [2.45, 2.75) is 31.1 Å². The van der Waals surface area contributed by atoms with E-state index in [1.807, 2.05) is 0 Å². The molecule has 15 heavy (non-hydrogen) atoms. The van der Waals surface area contributed by atoms with Crippen molar-refractivity contribution >= 4 is 5.91 Å². The molecule has 0 aromatic heterocycles. The minimum absolute atomic E-state index is 0.000231. The van der Waals surface area contributed by atoms with Crippen LogP contribution in [0.4, 0.5) is 0 Å².